The third-order valence-electron chi connectivity index (χ3n) is 1.85. The molecule has 10 heteroatoms. The Morgan fingerprint density at radius 3 is 0.472 bits per heavy atom. The van der Waals surface area contributed by atoms with Crippen LogP contribution in [0.5, 0.6) is 0 Å². The van der Waals surface area contributed by atoms with Crippen molar-refractivity contribution in [1.82, 2.24) is 0 Å². The van der Waals surface area contributed by atoms with Crippen LogP contribution in [-0.2, 0) is 34.1 Å². The van der Waals surface area contributed by atoms with Crippen molar-refractivity contribution in [3.63, 3.8) is 0 Å². The van der Waals surface area contributed by atoms with Crippen molar-refractivity contribution < 1.29 is 71.9 Å². The molecular weight excluding hydrogens is 594 g/mol. The molecule has 0 fully saturated rings. The van der Waals surface area contributed by atoms with Crippen LogP contribution in [0.4, 0.5) is 0 Å². The summed E-state index contributed by atoms with van der Waals surface area (Å²) in [4.78, 5) is 0. The molecule has 0 unspecified atom stereocenters. The Kier molecular flexibility index (Phi) is 71.1. The van der Waals surface area contributed by atoms with Crippen LogP contribution in [0.25, 0.3) is 0 Å². The van der Waals surface area contributed by atoms with E-state index in [0.717, 1.165) is 0 Å². The van der Waals surface area contributed by atoms with Crippen molar-refractivity contribution in [3.8, 4) is 45.9 Å². The van der Waals surface area contributed by atoms with Gasteiger partial charge in [0.15, 0.2) is 0 Å². The molecule has 0 bridgehead atoms. The summed E-state index contributed by atoms with van der Waals surface area (Å²) in [6, 6.07) is 0. The van der Waals surface area contributed by atoms with Gasteiger partial charge in [-0.25, -0.2) is 0 Å². The molecule has 198 valence electrons. The zero-order valence-electron chi connectivity index (χ0n) is 25.3. The van der Waals surface area contributed by atoms with Crippen LogP contribution in [0.3, 0.4) is 0 Å². The van der Waals surface area contributed by atoms with Crippen LogP contribution in [0.2, 0.25) is 78.6 Å². The monoisotopic (exact) mass is 636 g/mol. The maximum Gasteiger partial charge on any atom is 2.00 e. The van der Waals surface area contributed by atoms with E-state index in [4.69, 9.17) is 23.7 Å². The van der Waals surface area contributed by atoms with Gasteiger partial charge >= 0.3 is 71.9 Å². The fourth-order valence-corrected chi connectivity index (χ4v) is 3.18. The third-order valence-corrected chi connectivity index (χ3v) is 5.56. The maximum absolute atomic E-state index is 6.25. The predicted molar refractivity (Wildman–Crippen MR) is 156 cm³/mol. The first kappa shape index (κ1) is 65.1. The topological polar surface area (TPSA) is 47.6 Å². The molecule has 0 aliphatic carbocycles. The van der Waals surface area contributed by atoms with E-state index in [1.807, 2.05) is 0 Å². The number of hydrogen-bond donors (Lipinski definition) is 0. The van der Waals surface area contributed by atoms with Crippen LogP contribution in [0.1, 0.15) is 0 Å². The fourth-order valence-electron chi connectivity index (χ4n) is 1.06. The zero-order chi connectivity index (χ0) is 27.7. The quantitative estimate of drug-likeness (QED) is 0.226. The number of rotatable bonds is 0. The van der Waals surface area contributed by atoms with Gasteiger partial charge < -0.3 is 45.8 Å². The molecule has 0 spiro atoms. The molecule has 0 aromatic heterocycles. The van der Waals surface area contributed by atoms with Crippen LogP contribution >= 0.6 is 0 Å². The fraction of sp³-hybridized carbons (Fsp3) is 0.462. The summed E-state index contributed by atoms with van der Waals surface area (Å²) in [7, 11) is -4.32. The second-order valence-corrected chi connectivity index (χ2v) is 29.2. The third kappa shape index (κ3) is 146. The van der Waals surface area contributed by atoms with Crippen LogP contribution in [0.15, 0.2) is 0 Å². The van der Waals surface area contributed by atoms with Gasteiger partial charge in [-0.15, -0.1) is 0 Å². The largest absolute Gasteiger partial charge is 2.00 e. The summed E-state index contributed by atoms with van der Waals surface area (Å²) in [6.45, 7) is 49.7. The molecule has 36 heavy (non-hydrogen) atoms. The van der Waals surface area contributed by atoms with Crippen molar-refractivity contribution >= 4 is 32.3 Å². The minimum atomic E-state index is -1.08. The summed E-state index contributed by atoms with van der Waals surface area (Å²) in [5.74, 6) is 10.7. The van der Waals surface area contributed by atoms with Gasteiger partial charge in [0.2, 0.25) is 0 Å². The molecule has 0 saturated heterocycles. The first-order chi connectivity index (χ1) is 14.2. The minimum Gasteiger partial charge on any atom is -0.512 e. The summed E-state index contributed by atoms with van der Waals surface area (Å²) in [6.07, 6.45) is 0. The van der Waals surface area contributed by atoms with Crippen molar-refractivity contribution in [3.05, 3.63) is 40.8 Å². The van der Waals surface area contributed by atoms with Gasteiger partial charge in [0.25, 0.3) is 0 Å². The molecule has 2 radical (unpaired) electrons. The number of hydrogen-bond acceptors (Lipinski definition) is 2. The molecule has 0 aromatic rings. The Labute approximate surface area is 277 Å². The zero-order valence-corrected chi connectivity index (χ0v) is 31.2. The van der Waals surface area contributed by atoms with Crippen LogP contribution in [0, 0.1) is 97.2 Å². The molecule has 0 atom stereocenters. The standard InChI is InChI=1S/4C6H11Si.2CN.2Cu.2Li/c4*1-5-6-7(2,3)4;2*1-2;;;;/h4*1H2,2-4H3;;;;;;/q6*-1;2*+2;2*+1. The molecule has 0 N–H and O–H groups in total. The van der Waals surface area contributed by atoms with Crippen molar-refractivity contribution in [2.45, 2.75) is 78.6 Å². The Morgan fingerprint density at radius 1 is 0.389 bits per heavy atom. The van der Waals surface area contributed by atoms with E-state index in [1.54, 1.807) is 0 Å². The van der Waals surface area contributed by atoms with E-state index in [2.05, 4.69) is 152 Å². The van der Waals surface area contributed by atoms with Gasteiger partial charge in [0.1, 0.15) is 0 Å². The molecule has 0 saturated carbocycles. The Bertz CT molecular complexity index is 617. The molecule has 0 aromatic carbocycles. The van der Waals surface area contributed by atoms with Gasteiger partial charge in [-0.2, -0.15) is 27.7 Å². The summed E-state index contributed by atoms with van der Waals surface area (Å²) in [5, 5.41) is 12.5. The van der Waals surface area contributed by atoms with E-state index in [-0.39, 0.29) is 71.9 Å². The van der Waals surface area contributed by atoms with Gasteiger partial charge in [-0.3, -0.25) is 23.7 Å². The van der Waals surface area contributed by atoms with Crippen molar-refractivity contribution in [1.29, 1.82) is 10.5 Å². The van der Waals surface area contributed by atoms with E-state index in [9.17, 15) is 0 Å². The summed E-state index contributed by atoms with van der Waals surface area (Å²) >= 11 is 0. The Morgan fingerprint density at radius 2 is 0.472 bits per heavy atom. The van der Waals surface area contributed by atoms with Gasteiger partial charge in [-0.05, 0) is 0 Å². The van der Waals surface area contributed by atoms with Gasteiger partial charge in [0, 0.05) is 32.3 Å². The molecule has 2 nitrogen and oxygen atoms in total. The van der Waals surface area contributed by atoms with E-state index in [1.165, 1.54) is 0 Å². The van der Waals surface area contributed by atoms with Gasteiger partial charge in [0.05, 0.1) is 0 Å². The second kappa shape index (κ2) is 39.3. The summed E-state index contributed by atoms with van der Waals surface area (Å²) < 4.78 is 0. The van der Waals surface area contributed by atoms with Crippen LogP contribution < -0.4 is 37.7 Å². The predicted octanol–water partition coefficient (Wildman–Crippen LogP) is 1.00. The van der Waals surface area contributed by atoms with Crippen molar-refractivity contribution in [2.75, 3.05) is 0 Å². The molecule has 0 amide bonds. The minimum absolute atomic E-state index is 0. The molecular formula is C26H44Cu2Li2N2Si4. The smallest absolute Gasteiger partial charge is 0.512 e. The maximum atomic E-state index is 6.25. The van der Waals surface area contributed by atoms with Crippen molar-refractivity contribution in [2.24, 2.45) is 0 Å². The normalized spacial score (nSPS) is 7.56. The summed E-state index contributed by atoms with van der Waals surface area (Å²) in [5.41, 5.74) is 12.2. The average molecular weight is 638 g/mol. The number of nitrogens with zero attached hydrogens (tertiary/aromatic N) is 2. The second-order valence-electron chi connectivity index (χ2n) is 10.2. The Hall–Kier alpha value is -0.199. The first-order valence-corrected chi connectivity index (χ1v) is 23.9. The Balaban J connectivity index is -0.0000000288. The van der Waals surface area contributed by atoms with Crippen LogP contribution in [-0.4, -0.2) is 32.3 Å². The van der Waals surface area contributed by atoms with Gasteiger partial charge in [-0.1, -0.05) is 78.6 Å². The van der Waals surface area contributed by atoms with E-state index < -0.39 is 32.3 Å². The first-order valence-electron chi connectivity index (χ1n) is 9.86. The molecule has 0 aliphatic heterocycles. The molecule has 0 aliphatic rings. The molecule has 0 heterocycles. The average Bonchev–Trinajstić information content (AvgIpc) is 2.56. The van der Waals surface area contributed by atoms with E-state index >= 15 is 0 Å². The molecule has 0 rings (SSSR count). The van der Waals surface area contributed by atoms with E-state index in [0.29, 0.717) is 0 Å². The SMILES string of the molecule is [C-]#N.[C-]#N.[CH2-]C#C[Si](C)(C)C.[CH2-]C#C[Si](C)(C)C.[CH2-]C#C[Si](C)(C)C.[CH2-]C#C[Si](C)(C)C.[Cu+2].[Cu+2].[Li+].[Li+].